The molecule has 1 aromatic heterocycles. The number of rotatable bonds is 4. The van der Waals surface area contributed by atoms with E-state index >= 15 is 0 Å². The maximum Gasteiger partial charge on any atom is 0.235 e. The normalized spacial score (nSPS) is 18.4. The number of carbonyl (C=O) groups is 1. The lowest BCUT2D eigenvalue weighted by molar-refractivity contribution is -0.124. The quantitative estimate of drug-likeness (QED) is 0.941. The Morgan fingerprint density at radius 2 is 2.19 bits per heavy atom. The van der Waals surface area contributed by atoms with Gasteiger partial charge >= 0.3 is 0 Å². The molecule has 0 radical (unpaired) electrons. The first-order chi connectivity index (χ1) is 10.2. The smallest absolute Gasteiger partial charge is 0.235 e. The zero-order valence-electron chi connectivity index (χ0n) is 12.1. The third-order valence-electron chi connectivity index (χ3n) is 3.94. The van der Waals surface area contributed by atoms with Crippen LogP contribution in [0.3, 0.4) is 0 Å². The Labute approximate surface area is 128 Å². The molecule has 2 N–H and O–H groups in total. The minimum Gasteiger partial charge on any atom is -0.368 e. The predicted octanol–water partition coefficient (Wildman–Crippen LogP) is 2.12. The van der Waals surface area contributed by atoms with Gasteiger partial charge in [-0.25, -0.2) is 4.98 Å². The van der Waals surface area contributed by atoms with Gasteiger partial charge in [-0.1, -0.05) is 31.2 Å². The van der Waals surface area contributed by atoms with Crippen LogP contribution < -0.4 is 5.73 Å². The molecular formula is C16H19N3OS. The molecule has 5 heteroatoms. The number of amides is 1. The van der Waals surface area contributed by atoms with Crippen molar-refractivity contribution in [1.82, 2.24) is 9.88 Å². The van der Waals surface area contributed by atoms with Crippen molar-refractivity contribution in [3.05, 3.63) is 51.5 Å². The van der Waals surface area contributed by atoms with Gasteiger partial charge in [0.1, 0.15) is 0 Å². The summed E-state index contributed by atoms with van der Waals surface area (Å²) in [6.45, 7) is 3.53. The first kappa shape index (κ1) is 14.2. The van der Waals surface area contributed by atoms with Crippen LogP contribution in [0.1, 0.15) is 28.8 Å². The summed E-state index contributed by atoms with van der Waals surface area (Å²) in [5.41, 5.74) is 9.14. The Morgan fingerprint density at radius 3 is 2.86 bits per heavy atom. The van der Waals surface area contributed by atoms with Gasteiger partial charge in [-0.2, -0.15) is 0 Å². The molecule has 1 atom stereocenters. The van der Waals surface area contributed by atoms with E-state index in [4.69, 9.17) is 5.73 Å². The number of nitrogens with two attached hydrogens (primary N) is 1. The SMILES string of the molecule is CCc1nc(CN2Cc3ccccc3C[C@H]2C(N)=O)cs1. The monoisotopic (exact) mass is 301 g/mol. The second-order valence-corrected chi connectivity index (χ2v) is 6.32. The van der Waals surface area contributed by atoms with Crippen LogP contribution in [0.25, 0.3) is 0 Å². The molecule has 0 spiro atoms. The van der Waals surface area contributed by atoms with Crippen molar-refractivity contribution < 1.29 is 4.79 Å². The largest absolute Gasteiger partial charge is 0.368 e. The van der Waals surface area contributed by atoms with Crippen LogP contribution in [0.15, 0.2) is 29.6 Å². The summed E-state index contributed by atoms with van der Waals surface area (Å²) in [5, 5.41) is 3.22. The standard InChI is InChI=1S/C16H19N3OS/c1-2-15-18-13(10-21-15)9-19-8-12-6-4-3-5-11(12)7-14(19)16(17)20/h3-6,10,14H,2,7-9H2,1H3,(H2,17,20)/t14-/m0/s1. The summed E-state index contributed by atoms with van der Waals surface area (Å²) in [4.78, 5) is 18.5. The maximum atomic E-state index is 11.8. The maximum absolute atomic E-state index is 11.8. The summed E-state index contributed by atoms with van der Waals surface area (Å²) < 4.78 is 0. The van der Waals surface area contributed by atoms with E-state index < -0.39 is 0 Å². The van der Waals surface area contributed by atoms with Gasteiger partial charge in [0.25, 0.3) is 0 Å². The molecule has 4 nitrogen and oxygen atoms in total. The van der Waals surface area contributed by atoms with Crippen LogP contribution in [-0.2, 0) is 30.7 Å². The van der Waals surface area contributed by atoms with E-state index in [1.807, 2.05) is 12.1 Å². The van der Waals surface area contributed by atoms with Gasteiger partial charge in [0, 0.05) is 18.5 Å². The Kier molecular flexibility index (Phi) is 4.03. The number of aryl methyl sites for hydroxylation is 1. The van der Waals surface area contributed by atoms with E-state index in [-0.39, 0.29) is 11.9 Å². The van der Waals surface area contributed by atoms with Crippen molar-refractivity contribution in [3.63, 3.8) is 0 Å². The highest BCUT2D eigenvalue weighted by molar-refractivity contribution is 7.09. The van der Waals surface area contributed by atoms with E-state index in [1.165, 1.54) is 11.1 Å². The molecule has 0 bridgehead atoms. The third-order valence-corrected chi connectivity index (χ3v) is 4.98. The molecule has 2 aromatic rings. The van der Waals surface area contributed by atoms with E-state index in [1.54, 1.807) is 11.3 Å². The van der Waals surface area contributed by atoms with Gasteiger partial charge in [-0.15, -0.1) is 11.3 Å². The number of carbonyl (C=O) groups excluding carboxylic acids is 1. The molecule has 0 saturated carbocycles. The van der Waals surface area contributed by atoms with Crippen LogP contribution in [0.5, 0.6) is 0 Å². The van der Waals surface area contributed by atoms with E-state index in [2.05, 4.69) is 34.3 Å². The summed E-state index contributed by atoms with van der Waals surface area (Å²) in [5.74, 6) is -0.254. The van der Waals surface area contributed by atoms with Crippen LogP contribution in [-0.4, -0.2) is 21.8 Å². The summed E-state index contributed by atoms with van der Waals surface area (Å²) in [6, 6.07) is 8.02. The Hall–Kier alpha value is -1.72. The van der Waals surface area contributed by atoms with Gasteiger partial charge in [0.05, 0.1) is 16.7 Å². The average molecular weight is 301 g/mol. The van der Waals surface area contributed by atoms with Crippen molar-refractivity contribution in [3.8, 4) is 0 Å². The van der Waals surface area contributed by atoms with Crippen LogP contribution >= 0.6 is 11.3 Å². The first-order valence-electron chi connectivity index (χ1n) is 7.20. The average Bonchev–Trinajstić information content (AvgIpc) is 2.94. The Morgan fingerprint density at radius 1 is 1.43 bits per heavy atom. The molecule has 110 valence electrons. The number of hydrogen-bond donors (Lipinski definition) is 1. The fourth-order valence-electron chi connectivity index (χ4n) is 2.82. The molecule has 1 aliphatic rings. The lowest BCUT2D eigenvalue weighted by Crippen LogP contribution is -2.48. The minimum absolute atomic E-state index is 0.244. The molecule has 0 aliphatic carbocycles. The molecule has 1 amide bonds. The highest BCUT2D eigenvalue weighted by Crippen LogP contribution is 2.25. The van der Waals surface area contributed by atoms with Crippen molar-refractivity contribution in [2.24, 2.45) is 5.73 Å². The predicted molar refractivity (Wildman–Crippen MR) is 83.9 cm³/mol. The molecular weight excluding hydrogens is 282 g/mol. The number of fused-ring (bicyclic) bond motifs is 1. The van der Waals surface area contributed by atoms with Crippen molar-refractivity contribution in [2.75, 3.05) is 0 Å². The molecule has 1 aromatic carbocycles. The fourth-order valence-corrected chi connectivity index (χ4v) is 3.55. The van der Waals surface area contributed by atoms with Gasteiger partial charge in [-0.3, -0.25) is 9.69 Å². The highest BCUT2D eigenvalue weighted by Gasteiger charge is 2.30. The number of aromatic nitrogens is 1. The van der Waals surface area contributed by atoms with Gasteiger partial charge < -0.3 is 5.73 Å². The Balaban J connectivity index is 1.83. The molecule has 0 saturated heterocycles. The number of benzene rings is 1. The highest BCUT2D eigenvalue weighted by atomic mass is 32.1. The number of primary amides is 1. The first-order valence-corrected chi connectivity index (χ1v) is 8.08. The van der Waals surface area contributed by atoms with Crippen molar-refractivity contribution in [1.29, 1.82) is 0 Å². The summed E-state index contributed by atoms with van der Waals surface area (Å²) in [6.07, 6.45) is 1.64. The van der Waals surface area contributed by atoms with Crippen LogP contribution in [0.4, 0.5) is 0 Å². The fraction of sp³-hybridized carbons (Fsp3) is 0.375. The topological polar surface area (TPSA) is 59.2 Å². The molecule has 3 rings (SSSR count). The van der Waals surface area contributed by atoms with E-state index in [0.717, 1.165) is 23.7 Å². The molecule has 0 unspecified atom stereocenters. The van der Waals surface area contributed by atoms with Crippen LogP contribution in [0.2, 0.25) is 0 Å². The zero-order chi connectivity index (χ0) is 14.8. The van der Waals surface area contributed by atoms with Crippen LogP contribution in [0, 0.1) is 0 Å². The van der Waals surface area contributed by atoms with Gasteiger partial charge in [0.15, 0.2) is 0 Å². The molecule has 21 heavy (non-hydrogen) atoms. The molecule has 2 heterocycles. The number of thiazole rings is 1. The van der Waals surface area contributed by atoms with Gasteiger partial charge in [0.2, 0.25) is 5.91 Å². The minimum atomic E-state index is -0.254. The number of hydrogen-bond acceptors (Lipinski definition) is 4. The Bertz CT molecular complexity index is 652. The summed E-state index contributed by atoms with van der Waals surface area (Å²) in [7, 11) is 0. The summed E-state index contributed by atoms with van der Waals surface area (Å²) >= 11 is 1.68. The lowest BCUT2D eigenvalue weighted by Gasteiger charge is -2.34. The molecule has 0 fully saturated rings. The van der Waals surface area contributed by atoms with E-state index in [9.17, 15) is 4.79 Å². The zero-order valence-corrected chi connectivity index (χ0v) is 12.9. The van der Waals surface area contributed by atoms with Gasteiger partial charge in [-0.05, 0) is 24.0 Å². The lowest BCUT2D eigenvalue weighted by atomic mass is 9.93. The van der Waals surface area contributed by atoms with Crippen molar-refractivity contribution in [2.45, 2.75) is 38.9 Å². The number of nitrogens with zero attached hydrogens (tertiary/aromatic N) is 2. The third kappa shape index (κ3) is 2.99. The molecule has 1 aliphatic heterocycles. The van der Waals surface area contributed by atoms with E-state index in [0.29, 0.717) is 13.0 Å². The second-order valence-electron chi connectivity index (χ2n) is 5.38. The second kappa shape index (κ2) is 5.95. The van der Waals surface area contributed by atoms with Crippen molar-refractivity contribution >= 4 is 17.2 Å².